The Balaban J connectivity index is 1.76. The lowest BCUT2D eigenvalue weighted by Crippen LogP contribution is -2.29. The van der Waals surface area contributed by atoms with Crippen molar-refractivity contribution < 1.29 is 19.2 Å². The van der Waals surface area contributed by atoms with Crippen LogP contribution in [0, 0.1) is 0 Å². The zero-order chi connectivity index (χ0) is 17.2. The van der Waals surface area contributed by atoms with Crippen molar-refractivity contribution in [1.29, 1.82) is 0 Å². The second-order valence-electron chi connectivity index (χ2n) is 5.04. The molecule has 2 aromatic carbocycles. The number of amides is 2. The van der Waals surface area contributed by atoms with Crippen LogP contribution in [0.5, 0.6) is 5.75 Å². The van der Waals surface area contributed by atoms with Crippen LogP contribution in [-0.2, 0) is 4.84 Å². The number of hydrogen-bond donors (Lipinski definition) is 2. The molecule has 2 aromatic rings. The molecule has 0 fully saturated rings. The highest BCUT2D eigenvalue weighted by atomic mass is 16.7. The molecule has 2 rings (SSSR count). The van der Waals surface area contributed by atoms with Gasteiger partial charge in [-0.15, -0.1) is 0 Å². The van der Waals surface area contributed by atoms with Gasteiger partial charge in [0.1, 0.15) is 5.75 Å². The minimum absolute atomic E-state index is 0.402. The zero-order valence-electron chi connectivity index (χ0n) is 13.5. The Kier molecular flexibility index (Phi) is 6.64. The molecule has 2 N–H and O–H groups in total. The van der Waals surface area contributed by atoms with Gasteiger partial charge in [-0.25, -0.2) is 4.79 Å². The van der Waals surface area contributed by atoms with E-state index in [0.717, 1.165) is 18.6 Å². The molecule has 0 spiro atoms. The molecule has 0 saturated carbocycles. The monoisotopic (exact) mass is 328 g/mol. The van der Waals surface area contributed by atoms with Crippen molar-refractivity contribution in [2.75, 3.05) is 11.9 Å². The quantitative estimate of drug-likeness (QED) is 0.625. The van der Waals surface area contributed by atoms with Crippen LogP contribution in [0.15, 0.2) is 54.6 Å². The zero-order valence-corrected chi connectivity index (χ0v) is 13.5. The molecular formula is C18H20N2O4. The Labute approximate surface area is 140 Å². The Morgan fingerprint density at radius 2 is 1.71 bits per heavy atom. The van der Waals surface area contributed by atoms with Gasteiger partial charge >= 0.3 is 6.09 Å². The summed E-state index contributed by atoms with van der Waals surface area (Å²) in [6.45, 7) is 2.76. The summed E-state index contributed by atoms with van der Waals surface area (Å²) in [4.78, 5) is 28.1. The molecule has 0 aliphatic carbocycles. The highest BCUT2D eigenvalue weighted by Crippen LogP contribution is 2.16. The first-order valence-corrected chi connectivity index (χ1v) is 7.75. The maximum absolute atomic E-state index is 11.7. The Morgan fingerprint density at radius 3 is 2.38 bits per heavy atom. The maximum Gasteiger partial charge on any atom is 0.436 e. The fourth-order valence-corrected chi connectivity index (χ4v) is 1.85. The summed E-state index contributed by atoms with van der Waals surface area (Å²) < 4.78 is 5.53. The van der Waals surface area contributed by atoms with Gasteiger partial charge in [0.25, 0.3) is 5.91 Å². The van der Waals surface area contributed by atoms with Gasteiger partial charge in [-0.3, -0.25) is 10.1 Å². The summed E-state index contributed by atoms with van der Waals surface area (Å²) in [6.07, 6.45) is 1.28. The summed E-state index contributed by atoms with van der Waals surface area (Å²) in [7, 11) is 0. The topological polar surface area (TPSA) is 76.7 Å². The molecule has 6 nitrogen and oxygen atoms in total. The van der Waals surface area contributed by atoms with Crippen molar-refractivity contribution in [3.63, 3.8) is 0 Å². The van der Waals surface area contributed by atoms with Gasteiger partial charge in [-0.1, -0.05) is 31.5 Å². The van der Waals surface area contributed by atoms with E-state index in [9.17, 15) is 9.59 Å². The summed E-state index contributed by atoms with van der Waals surface area (Å²) in [6, 6.07) is 15.4. The van der Waals surface area contributed by atoms with E-state index in [2.05, 4.69) is 17.7 Å². The van der Waals surface area contributed by atoms with E-state index < -0.39 is 12.0 Å². The average Bonchev–Trinajstić information content (AvgIpc) is 2.62. The smallest absolute Gasteiger partial charge is 0.436 e. The summed E-state index contributed by atoms with van der Waals surface area (Å²) in [5, 5.41) is 2.51. The van der Waals surface area contributed by atoms with Gasteiger partial charge in [-0.05, 0) is 42.8 Å². The second-order valence-corrected chi connectivity index (χ2v) is 5.04. The van der Waals surface area contributed by atoms with Crippen LogP contribution in [0.1, 0.15) is 30.1 Å². The summed E-state index contributed by atoms with van der Waals surface area (Å²) >= 11 is 0. The van der Waals surface area contributed by atoms with Crippen molar-refractivity contribution in [2.24, 2.45) is 0 Å². The van der Waals surface area contributed by atoms with Crippen LogP contribution in [0.3, 0.4) is 0 Å². The Bertz CT molecular complexity index is 656. The molecule has 0 heterocycles. The molecule has 0 unspecified atom stereocenters. The van der Waals surface area contributed by atoms with Gasteiger partial charge in [0.15, 0.2) is 0 Å². The minimum Gasteiger partial charge on any atom is -0.494 e. The minimum atomic E-state index is -0.779. The van der Waals surface area contributed by atoms with Crippen LogP contribution >= 0.6 is 0 Å². The van der Waals surface area contributed by atoms with Crippen molar-refractivity contribution in [3.05, 3.63) is 60.2 Å². The molecule has 0 atom stereocenters. The number of hydroxylamine groups is 1. The van der Waals surface area contributed by atoms with Crippen LogP contribution in [-0.4, -0.2) is 18.6 Å². The summed E-state index contributed by atoms with van der Waals surface area (Å²) in [5.41, 5.74) is 3.03. The number of benzene rings is 2. The molecule has 0 aliphatic heterocycles. The number of hydrogen-bond acceptors (Lipinski definition) is 4. The number of carbonyl (C=O) groups excluding carboxylic acids is 2. The molecule has 0 aromatic heterocycles. The Morgan fingerprint density at radius 1 is 1.00 bits per heavy atom. The molecule has 0 radical (unpaired) electrons. The molecule has 0 bridgehead atoms. The fourth-order valence-electron chi connectivity index (χ4n) is 1.85. The molecule has 2 amide bonds. The van der Waals surface area contributed by atoms with E-state index in [-0.39, 0.29) is 0 Å². The SMILES string of the molecule is CCCCOc1ccc(NC(=O)ONC(=O)c2ccccc2)cc1. The van der Waals surface area contributed by atoms with Gasteiger partial charge in [0.2, 0.25) is 0 Å². The van der Waals surface area contributed by atoms with Crippen molar-refractivity contribution >= 4 is 17.7 Å². The third-order valence-electron chi connectivity index (χ3n) is 3.14. The van der Waals surface area contributed by atoms with Crippen LogP contribution < -0.4 is 15.5 Å². The van der Waals surface area contributed by atoms with Gasteiger partial charge in [0, 0.05) is 11.3 Å². The molecule has 24 heavy (non-hydrogen) atoms. The van der Waals surface area contributed by atoms with Gasteiger partial charge in [-0.2, -0.15) is 5.48 Å². The highest BCUT2D eigenvalue weighted by Gasteiger charge is 2.08. The third-order valence-corrected chi connectivity index (χ3v) is 3.14. The van der Waals surface area contributed by atoms with Crippen LogP contribution in [0.2, 0.25) is 0 Å². The summed E-state index contributed by atoms with van der Waals surface area (Å²) in [5.74, 6) is 0.241. The molecule has 0 saturated heterocycles. The van der Waals surface area contributed by atoms with E-state index >= 15 is 0 Å². The Hall–Kier alpha value is -3.02. The largest absolute Gasteiger partial charge is 0.494 e. The van der Waals surface area contributed by atoms with Crippen LogP contribution in [0.25, 0.3) is 0 Å². The lowest BCUT2D eigenvalue weighted by molar-refractivity contribution is 0.0615. The number of unbranched alkanes of at least 4 members (excludes halogenated alkanes) is 1. The fraction of sp³-hybridized carbons (Fsp3) is 0.222. The lowest BCUT2D eigenvalue weighted by atomic mass is 10.2. The van der Waals surface area contributed by atoms with E-state index in [0.29, 0.717) is 17.9 Å². The predicted molar refractivity (Wildman–Crippen MR) is 90.9 cm³/mol. The standard InChI is InChI=1S/C18H20N2O4/c1-2-3-13-23-16-11-9-15(10-12-16)19-18(22)24-20-17(21)14-7-5-4-6-8-14/h4-12H,2-3,13H2,1H3,(H,19,22)(H,20,21). The van der Waals surface area contributed by atoms with Gasteiger partial charge < -0.3 is 9.57 Å². The normalized spacial score (nSPS) is 9.88. The molecule has 6 heteroatoms. The molecular weight excluding hydrogens is 308 g/mol. The van der Waals surface area contributed by atoms with E-state index in [1.165, 1.54) is 0 Å². The number of carbonyl (C=O) groups is 2. The maximum atomic E-state index is 11.7. The highest BCUT2D eigenvalue weighted by molar-refractivity contribution is 5.94. The molecule has 0 aliphatic rings. The number of ether oxygens (including phenoxy) is 1. The predicted octanol–water partition coefficient (Wildman–Crippen LogP) is 3.76. The third kappa shape index (κ3) is 5.64. The lowest BCUT2D eigenvalue weighted by Gasteiger charge is -2.09. The van der Waals surface area contributed by atoms with Gasteiger partial charge in [0.05, 0.1) is 6.61 Å². The number of rotatable bonds is 6. The van der Waals surface area contributed by atoms with Crippen LogP contribution in [0.4, 0.5) is 10.5 Å². The second kappa shape index (κ2) is 9.19. The molecule has 126 valence electrons. The number of anilines is 1. The van der Waals surface area contributed by atoms with Crippen molar-refractivity contribution in [3.8, 4) is 5.75 Å². The first kappa shape index (κ1) is 17.3. The van der Waals surface area contributed by atoms with E-state index in [1.807, 2.05) is 0 Å². The van der Waals surface area contributed by atoms with Crippen molar-refractivity contribution in [1.82, 2.24) is 5.48 Å². The average molecular weight is 328 g/mol. The number of nitrogens with one attached hydrogen (secondary N) is 2. The van der Waals surface area contributed by atoms with E-state index in [1.54, 1.807) is 54.6 Å². The van der Waals surface area contributed by atoms with Crippen molar-refractivity contribution in [2.45, 2.75) is 19.8 Å². The van der Waals surface area contributed by atoms with E-state index in [4.69, 9.17) is 9.57 Å². The first-order chi connectivity index (χ1) is 11.7. The first-order valence-electron chi connectivity index (χ1n) is 7.75.